The van der Waals surface area contributed by atoms with E-state index in [1.165, 1.54) is 36.0 Å². The van der Waals surface area contributed by atoms with E-state index >= 15 is 0 Å². The van der Waals surface area contributed by atoms with Crippen LogP contribution in [0, 0.1) is 0 Å². The Hall–Kier alpha value is -0.320. The Balaban J connectivity index is 1.52. The lowest BCUT2D eigenvalue weighted by atomic mass is 10.3. The number of benzene rings is 1. The third-order valence-corrected chi connectivity index (χ3v) is 6.22. The van der Waals surface area contributed by atoms with Gasteiger partial charge in [-0.25, -0.2) is 0 Å². The predicted molar refractivity (Wildman–Crippen MR) is 85.5 cm³/mol. The van der Waals surface area contributed by atoms with Crippen LogP contribution in [0.3, 0.4) is 0 Å². The van der Waals surface area contributed by atoms with E-state index in [0.717, 1.165) is 18.3 Å². The van der Waals surface area contributed by atoms with Crippen LogP contribution in [0.2, 0.25) is 0 Å². The first-order valence-corrected chi connectivity index (χ1v) is 9.34. The molecule has 0 unspecified atom stereocenters. The topological polar surface area (TPSA) is 12.5 Å². The van der Waals surface area contributed by atoms with E-state index in [-0.39, 0.29) is 0 Å². The molecule has 3 rings (SSSR count). The molecule has 0 radical (unpaired) electrons. The fourth-order valence-electron chi connectivity index (χ4n) is 2.69. The van der Waals surface area contributed by atoms with Gasteiger partial charge in [-0.3, -0.25) is 4.90 Å². The smallest absolute Gasteiger partial charge is 0.119 e. The summed E-state index contributed by atoms with van der Waals surface area (Å²) in [6, 6.07) is 11.0. The number of hydrogen-bond donors (Lipinski definition) is 0. The van der Waals surface area contributed by atoms with Crippen LogP contribution in [0.5, 0.6) is 5.75 Å². The second-order valence-corrected chi connectivity index (χ2v) is 7.44. The minimum absolute atomic E-state index is 0.376. The van der Waals surface area contributed by atoms with Gasteiger partial charge in [-0.2, -0.15) is 23.5 Å². The first-order chi connectivity index (χ1) is 9.42. The lowest BCUT2D eigenvalue weighted by Gasteiger charge is -2.25. The second-order valence-electron chi connectivity index (χ2n) is 5.14. The van der Waals surface area contributed by atoms with Gasteiger partial charge in [0.05, 0.1) is 0 Å². The molecule has 0 aliphatic carbocycles. The van der Waals surface area contributed by atoms with Crippen LogP contribution in [0.4, 0.5) is 0 Å². The monoisotopic (exact) mass is 295 g/mol. The summed E-state index contributed by atoms with van der Waals surface area (Å²) in [7, 11) is 0. The maximum absolute atomic E-state index is 6.07. The lowest BCUT2D eigenvalue weighted by molar-refractivity contribution is 0.189. The third-order valence-electron chi connectivity index (χ3n) is 3.73. The molecule has 19 heavy (non-hydrogen) atoms. The molecule has 0 aromatic heterocycles. The van der Waals surface area contributed by atoms with Gasteiger partial charge < -0.3 is 4.74 Å². The third kappa shape index (κ3) is 3.83. The number of ether oxygens (including phenoxy) is 1. The molecule has 0 bridgehead atoms. The van der Waals surface area contributed by atoms with E-state index in [4.69, 9.17) is 4.74 Å². The van der Waals surface area contributed by atoms with Crippen LogP contribution >= 0.6 is 23.5 Å². The normalized spacial score (nSPS) is 26.2. The fraction of sp³-hybridized carbons (Fsp3) is 0.600. The van der Waals surface area contributed by atoms with Crippen molar-refractivity contribution < 1.29 is 4.74 Å². The number of thioether (sulfide) groups is 2. The van der Waals surface area contributed by atoms with Crippen molar-refractivity contribution in [3.8, 4) is 5.75 Å². The molecule has 2 aliphatic rings. The highest BCUT2D eigenvalue weighted by Gasteiger charge is 2.29. The Morgan fingerprint density at radius 1 is 1.05 bits per heavy atom. The van der Waals surface area contributed by atoms with Crippen molar-refractivity contribution in [3.63, 3.8) is 0 Å². The van der Waals surface area contributed by atoms with Crippen molar-refractivity contribution in [2.24, 2.45) is 0 Å². The average molecular weight is 295 g/mol. The fourth-order valence-corrected chi connectivity index (χ4v) is 5.32. The van der Waals surface area contributed by atoms with Crippen LogP contribution in [0.1, 0.15) is 6.42 Å². The molecule has 0 amide bonds. The molecule has 1 aromatic carbocycles. The van der Waals surface area contributed by atoms with Gasteiger partial charge >= 0.3 is 0 Å². The van der Waals surface area contributed by atoms with Gasteiger partial charge in [0.2, 0.25) is 0 Å². The van der Waals surface area contributed by atoms with E-state index in [0.29, 0.717) is 6.10 Å². The first-order valence-electron chi connectivity index (χ1n) is 7.03. The summed E-state index contributed by atoms with van der Waals surface area (Å²) in [6.45, 7) is 2.30. The minimum atomic E-state index is 0.376. The molecule has 0 spiro atoms. The Bertz CT molecular complexity index is 379. The first kappa shape index (κ1) is 13.7. The van der Waals surface area contributed by atoms with Crippen molar-refractivity contribution in [3.05, 3.63) is 30.3 Å². The van der Waals surface area contributed by atoms with Crippen molar-refractivity contribution >= 4 is 23.5 Å². The number of para-hydroxylation sites is 1. The van der Waals surface area contributed by atoms with Crippen LogP contribution in [0.25, 0.3) is 0 Å². The highest BCUT2D eigenvalue weighted by molar-refractivity contribution is 8.03. The van der Waals surface area contributed by atoms with Gasteiger partial charge in [0.15, 0.2) is 0 Å². The molecule has 0 N–H and O–H groups in total. The van der Waals surface area contributed by atoms with Gasteiger partial charge in [0.25, 0.3) is 0 Å². The number of likely N-dealkylation sites (tertiary alicyclic amines) is 1. The van der Waals surface area contributed by atoms with Crippen molar-refractivity contribution in [2.45, 2.75) is 18.6 Å². The molecular weight excluding hydrogens is 274 g/mol. The molecule has 2 heterocycles. The molecule has 1 atom stereocenters. The summed E-state index contributed by atoms with van der Waals surface area (Å²) >= 11 is 4.23. The van der Waals surface area contributed by atoms with Gasteiger partial charge in [-0.15, -0.1) is 0 Å². The quantitative estimate of drug-likeness (QED) is 0.849. The standard InChI is InChI=1S/C15H21NOS2/c1-2-4-14(5-3-1)17-15-6-7-16(10-15)13-11-18-8-9-19-12-13/h1-5,13,15H,6-12H2/t15-/m0/s1. The van der Waals surface area contributed by atoms with Crippen LogP contribution in [-0.4, -0.2) is 53.1 Å². The van der Waals surface area contributed by atoms with E-state index in [9.17, 15) is 0 Å². The maximum Gasteiger partial charge on any atom is 0.119 e. The summed E-state index contributed by atoms with van der Waals surface area (Å²) in [5, 5.41) is 0. The van der Waals surface area contributed by atoms with Gasteiger partial charge in [0, 0.05) is 42.1 Å². The largest absolute Gasteiger partial charge is 0.489 e. The van der Waals surface area contributed by atoms with Gasteiger partial charge in [-0.1, -0.05) is 18.2 Å². The molecule has 1 aromatic rings. The Morgan fingerprint density at radius 2 is 1.79 bits per heavy atom. The molecule has 0 saturated carbocycles. The average Bonchev–Trinajstić information content (AvgIpc) is 2.74. The zero-order valence-electron chi connectivity index (χ0n) is 11.2. The summed E-state index contributed by atoms with van der Waals surface area (Å²) in [6.07, 6.45) is 1.54. The van der Waals surface area contributed by atoms with Crippen LogP contribution in [0.15, 0.2) is 30.3 Å². The van der Waals surface area contributed by atoms with Gasteiger partial charge in [-0.05, 0) is 18.6 Å². The van der Waals surface area contributed by atoms with E-state index in [1.54, 1.807) is 0 Å². The molecular formula is C15H21NOS2. The Labute approximate surface area is 124 Å². The van der Waals surface area contributed by atoms with E-state index in [1.807, 2.05) is 18.2 Å². The zero-order chi connectivity index (χ0) is 12.9. The summed E-state index contributed by atoms with van der Waals surface area (Å²) in [5.41, 5.74) is 0. The van der Waals surface area contributed by atoms with Crippen LogP contribution < -0.4 is 4.74 Å². The molecule has 2 saturated heterocycles. The molecule has 104 valence electrons. The Kier molecular flexibility index (Phi) is 4.97. The van der Waals surface area contributed by atoms with Crippen molar-refractivity contribution in [1.29, 1.82) is 0 Å². The predicted octanol–water partition coefficient (Wildman–Crippen LogP) is 2.99. The van der Waals surface area contributed by atoms with Gasteiger partial charge in [0.1, 0.15) is 11.9 Å². The maximum atomic E-state index is 6.07. The zero-order valence-corrected chi connectivity index (χ0v) is 12.8. The summed E-state index contributed by atoms with van der Waals surface area (Å²) in [4.78, 5) is 2.64. The van der Waals surface area contributed by atoms with E-state index < -0.39 is 0 Å². The number of nitrogens with zero attached hydrogens (tertiary/aromatic N) is 1. The minimum Gasteiger partial charge on any atom is -0.489 e. The van der Waals surface area contributed by atoms with E-state index in [2.05, 4.69) is 40.6 Å². The second kappa shape index (κ2) is 6.91. The number of hydrogen-bond acceptors (Lipinski definition) is 4. The van der Waals surface area contributed by atoms with Crippen molar-refractivity contribution in [2.75, 3.05) is 36.1 Å². The SMILES string of the molecule is c1ccc(O[C@H]2CCN(C3CSCCSC3)C2)cc1. The molecule has 4 heteroatoms. The molecule has 2 aliphatic heterocycles. The molecule has 2 fully saturated rings. The highest BCUT2D eigenvalue weighted by atomic mass is 32.2. The van der Waals surface area contributed by atoms with Crippen LogP contribution in [-0.2, 0) is 0 Å². The summed E-state index contributed by atoms with van der Waals surface area (Å²) < 4.78 is 6.07. The molecule has 2 nitrogen and oxygen atoms in total. The highest BCUT2D eigenvalue weighted by Crippen LogP contribution is 2.25. The number of rotatable bonds is 3. The summed E-state index contributed by atoms with van der Waals surface area (Å²) in [5.74, 6) is 6.24. The Morgan fingerprint density at radius 3 is 2.53 bits per heavy atom. The lowest BCUT2D eigenvalue weighted by Crippen LogP contribution is -2.38. The van der Waals surface area contributed by atoms with Crippen molar-refractivity contribution in [1.82, 2.24) is 4.90 Å².